The maximum atomic E-state index is 12.1. The summed E-state index contributed by atoms with van der Waals surface area (Å²) < 4.78 is 26.5. The first kappa shape index (κ1) is 13.5. The van der Waals surface area contributed by atoms with E-state index in [1.165, 1.54) is 24.3 Å². The van der Waals surface area contributed by atoms with Gasteiger partial charge in [-0.05, 0) is 30.3 Å². The lowest BCUT2D eigenvalue weighted by Crippen LogP contribution is -2.14. The van der Waals surface area contributed by atoms with Crippen LogP contribution in [0.4, 0.5) is 5.82 Å². The van der Waals surface area contributed by atoms with E-state index in [1.807, 2.05) is 0 Å². The molecule has 1 aromatic carbocycles. The first-order valence-corrected chi connectivity index (χ1v) is 7.12. The molecule has 0 saturated carbocycles. The van der Waals surface area contributed by atoms with Crippen LogP contribution in [0.5, 0.6) is 0 Å². The van der Waals surface area contributed by atoms with Crippen molar-refractivity contribution in [3.8, 4) is 0 Å². The van der Waals surface area contributed by atoms with Crippen LogP contribution in [0.2, 0.25) is 5.02 Å². The van der Waals surface area contributed by atoms with E-state index in [0.717, 1.165) is 0 Å². The van der Waals surface area contributed by atoms with Crippen LogP contribution in [0.15, 0.2) is 47.9 Å². The Kier molecular flexibility index (Phi) is 3.82. The fraction of sp³-hybridized carbons (Fsp3) is 0. The molecule has 2 aromatic rings. The molecule has 7 heteroatoms. The number of nitrogens with one attached hydrogen (secondary N) is 1. The van der Waals surface area contributed by atoms with Crippen molar-refractivity contribution in [1.82, 2.24) is 10.2 Å². The number of rotatable bonds is 4. The van der Waals surface area contributed by atoms with Gasteiger partial charge in [-0.3, -0.25) is 4.72 Å². The molecule has 0 atom stereocenters. The fourth-order valence-corrected chi connectivity index (χ4v) is 2.88. The number of anilines is 1. The van der Waals surface area contributed by atoms with Gasteiger partial charge in [0, 0.05) is 0 Å². The van der Waals surface area contributed by atoms with Crippen molar-refractivity contribution in [1.29, 1.82) is 0 Å². The summed E-state index contributed by atoms with van der Waals surface area (Å²) in [7, 11) is -3.77. The lowest BCUT2D eigenvalue weighted by molar-refractivity contribution is 0.601. The van der Waals surface area contributed by atoms with Crippen molar-refractivity contribution in [3.05, 3.63) is 53.7 Å². The number of aromatic nitrogens is 2. The fourth-order valence-electron chi connectivity index (χ4n) is 1.36. The summed E-state index contributed by atoms with van der Waals surface area (Å²) in [6, 6.07) is 9.26. The van der Waals surface area contributed by atoms with Gasteiger partial charge in [0.25, 0.3) is 10.0 Å². The quantitative estimate of drug-likeness (QED) is 0.941. The van der Waals surface area contributed by atoms with Crippen molar-refractivity contribution in [2.45, 2.75) is 4.90 Å². The maximum Gasteiger partial charge on any atom is 0.264 e. The van der Waals surface area contributed by atoms with Gasteiger partial charge >= 0.3 is 0 Å². The number of hydrogen-bond donors (Lipinski definition) is 1. The van der Waals surface area contributed by atoms with Gasteiger partial charge in [-0.2, -0.15) is 0 Å². The van der Waals surface area contributed by atoms with Crippen LogP contribution in [-0.2, 0) is 10.0 Å². The second-order valence-electron chi connectivity index (χ2n) is 3.58. The number of halogens is 1. The van der Waals surface area contributed by atoms with Crippen molar-refractivity contribution in [2.75, 3.05) is 4.72 Å². The molecule has 2 rings (SSSR count). The third-order valence-corrected chi connectivity index (χ3v) is 4.11. The molecule has 19 heavy (non-hydrogen) atoms. The summed E-state index contributed by atoms with van der Waals surface area (Å²) in [5.74, 6) is 0.116. The standard InChI is InChI=1S/C12H10ClN3O2S/c1-2-9-7-8-12(15-14-9)16-19(17,18)11-6-4-3-5-10(11)13/h2-8H,1H2,(H,15,16). The first-order valence-electron chi connectivity index (χ1n) is 5.26. The highest BCUT2D eigenvalue weighted by atomic mass is 35.5. The van der Waals surface area contributed by atoms with Crippen LogP contribution in [0.3, 0.4) is 0 Å². The number of sulfonamides is 1. The van der Waals surface area contributed by atoms with E-state index in [1.54, 1.807) is 18.2 Å². The molecule has 0 fully saturated rings. The Morgan fingerprint density at radius 1 is 1.16 bits per heavy atom. The molecule has 0 bridgehead atoms. The average Bonchev–Trinajstić information content (AvgIpc) is 2.39. The van der Waals surface area contributed by atoms with Crippen molar-refractivity contribution in [2.24, 2.45) is 0 Å². The Hall–Kier alpha value is -1.92. The molecule has 5 nitrogen and oxygen atoms in total. The zero-order valence-electron chi connectivity index (χ0n) is 9.75. The molecule has 1 N–H and O–H groups in total. The van der Waals surface area contributed by atoms with E-state index in [-0.39, 0.29) is 15.7 Å². The van der Waals surface area contributed by atoms with Gasteiger partial charge in [0.15, 0.2) is 5.82 Å². The highest BCUT2D eigenvalue weighted by Crippen LogP contribution is 2.22. The summed E-state index contributed by atoms with van der Waals surface area (Å²) >= 11 is 5.85. The van der Waals surface area contributed by atoms with Crippen LogP contribution in [0, 0.1) is 0 Å². The minimum Gasteiger partial charge on any atom is -0.262 e. The third kappa shape index (κ3) is 3.10. The Bertz CT molecular complexity index is 699. The van der Waals surface area contributed by atoms with Gasteiger partial charge in [-0.1, -0.05) is 30.3 Å². The van der Waals surface area contributed by atoms with Gasteiger partial charge in [-0.15, -0.1) is 10.2 Å². The lowest BCUT2D eigenvalue weighted by Gasteiger charge is -2.08. The second-order valence-corrected chi connectivity index (χ2v) is 5.64. The lowest BCUT2D eigenvalue weighted by atomic mass is 10.4. The summed E-state index contributed by atoms with van der Waals surface area (Å²) in [4.78, 5) is -0.00809. The normalized spacial score (nSPS) is 11.0. The molecule has 0 saturated heterocycles. The topological polar surface area (TPSA) is 72.0 Å². The van der Waals surface area contributed by atoms with Crippen LogP contribution >= 0.6 is 11.6 Å². The smallest absolute Gasteiger partial charge is 0.262 e. The molecule has 0 spiro atoms. The van der Waals surface area contributed by atoms with E-state index >= 15 is 0 Å². The molecule has 98 valence electrons. The molecule has 0 aliphatic heterocycles. The Morgan fingerprint density at radius 3 is 2.47 bits per heavy atom. The Balaban J connectivity index is 2.31. The minimum atomic E-state index is -3.77. The van der Waals surface area contributed by atoms with E-state index in [2.05, 4.69) is 21.5 Å². The number of nitrogens with zero attached hydrogens (tertiary/aromatic N) is 2. The van der Waals surface area contributed by atoms with Crippen molar-refractivity contribution < 1.29 is 8.42 Å². The van der Waals surface area contributed by atoms with Gasteiger partial charge < -0.3 is 0 Å². The van der Waals surface area contributed by atoms with Crippen LogP contribution in [0.1, 0.15) is 5.69 Å². The maximum absolute atomic E-state index is 12.1. The van der Waals surface area contributed by atoms with E-state index in [4.69, 9.17) is 11.6 Å². The van der Waals surface area contributed by atoms with E-state index in [0.29, 0.717) is 5.69 Å². The molecule has 1 heterocycles. The summed E-state index contributed by atoms with van der Waals surface area (Å²) in [5, 5.41) is 7.65. The second kappa shape index (κ2) is 5.38. The molecular formula is C12H10ClN3O2S. The molecule has 0 unspecified atom stereocenters. The van der Waals surface area contributed by atoms with Gasteiger partial charge in [0.2, 0.25) is 0 Å². The van der Waals surface area contributed by atoms with E-state index in [9.17, 15) is 8.42 Å². The predicted molar refractivity (Wildman–Crippen MR) is 74.4 cm³/mol. The van der Waals surface area contributed by atoms with Crippen molar-refractivity contribution in [3.63, 3.8) is 0 Å². The Labute approximate surface area is 116 Å². The van der Waals surface area contributed by atoms with Crippen LogP contribution in [-0.4, -0.2) is 18.6 Å². The predicted octanol–water partition coefficient (Wildman–Crippen LogP) is 2.57. The number of hydrogen-bond acceptors (Lipinski definition) is 4. The molecule has 0 amide bonds. The average molecular weight is 296 g/mol. The summed E-state index contributed by atoms with van der Waals surface area (Å²) in [6.45, 7) is 3.54. The van der Waals surface area contributed by atoms with Crippen LogP contribution < -0.4 is 4.72 Å². The molecule has 0 aliphatic rings. The monoisotopic (exact) mass is 295 g/mol. The number of benzene rings is 1. The van der Waals surface area contributed by atoms with Gasteiger partial charge in [-0.25, -0.2) is 8.42 Å². The summed E-state index contributed by atoms with van der Waals surface area (Å²) in [6.07, 6.45) is 1.51. The molecule has 0 radical (unpaired) electrons. The van der Waals surface area contributed by atoms with E-state index < -0.39 is 10.0 Å². The summed E-state index contributed by atoms with van der Waals surface area (Å²) in [5.41, 5.74) is 0.556. The molecule has 0 aliphatic carbocycles. The largest absolute Gasteiger partial charge is 0.264 e. The SMILES string of the molecule is C=Cc1ccc(NS(=O)(=O)c2ccccc2Cl)nn1. The third-order valence-electron chi connectivity index (χ3n) is 2.26. The minimum absolute atomic E-state index is 0.00809. The van der Waals surface area contributed by atoms with Gasteiger partial charge in [0.1, 0.15) is 4.90 Å². The first-order chi connectivity index (χ1) is 9.03. The molecule has 1 aromatic heterocycles. The van der Waals surface area contributed by atoms with Crippen molar-refractivity contribution >= 4 is 33.5 Å². The highest BCUT2D eigenvalue weighted by molar-refractivity contribution is 7.92. The zero-order valence-corrected chi connectivity index (χ0v) is 11.3. The molecular weight excluding hydrogens is 286 g/mol. The van der Waals surface area contributed by atoms with Crippen LogP contribution in [0.25, 0.3) is 6.08 Å². The van der Waals surface area contributed by atoms with Gasteiger partial charge in [0.05, 0.1) is 10.7 Å². The Morgan fingerprint density at radius 2 is 1.89 bits per heavy atom. The highest BCUT2D eigenvalue weighted by Gasteiger charge is 2.17. The zero-order chi connectivity index (χ0) is 13.9.